The Morgan fingerprint density at radius 2 is 2.14 bits per heavy atom. The predicted octanol–water partition coefficient (Wildman–Crippen LogP) is 0.0969. The summed E-state index contributed by atoms with van der Waals surface area (Å²) in [7, 11) is 1.48. The summed E-state index contributed by atoms with van der Waals surface area (Å²) in [4.78, 5) is 23.5. The molecule has 0 aromatic heterocycles. The molecule has 0 aromatic carbocycles. The van der Waals surface area contributed by atoms with Gasteiger partial charge in [0.15, 0.2) is 6.04 Å². The lowest BCUT2D eigenvalue weighted by Crippen LogP contribution is -2.55. The first-order valence-corrected chi connectivity index (χ1v) is 4.60. The summed E-state index contributed by atoms with van der Waals surface area (Å²) in [5.74, 6) is -1.20. The minimum Gasteiger partial charge on any atom is -0.480 e. The summed E-state index contributed by atoms with van der Waals surface area (Å²) in [6.45, 7) is 1.89. The molecule has 2 atom stereocenters. The van der Waals surface area contributed by atoms with E-state index in [0.29, 0.717) is 13.0 Å². The van der Waals surface area contributed by atoms with Crippen molar-refractivity contribution in [3.05, 3.63) is 0 Å². The number of aliphatic carboxylic acids is 1. The highest BCUT2D eigenvalue weighted by molar-refractivity contribution is 5.83. The summed E-state index contributed by atoms with van der Waals surface area (Å²) >= 11 is 0. The van der Waals surface area contributed by atoms with E-state index < -0.39 is 12.0 Å². The number of rotatable bonds is 2. The Balaban J connectivity index is 2.83. The molecule has 1 aliphatic heterocycles. The van der Waals surface area contributed by atoms with Gasteiger partial charge in [0.05, 0.1) is 6.10 Å². The smallest absolute Gasteiger partial charge is 0.329 e. The van der Waals surface area contributed by atoms with Gasteiger partial charge in [-0.15, -0.1) is 0 Å². The molecule has 2 unspecified atom stereocenters. The van der Waals surface area contributed by atoms with Crippen molar-refractivity contribution in [3.8, 4) is 0 Å². The fourth-order valence-corrected chi connectivity index (χ4v) is 1.85. The molecule has 5 heteroatoms. The molecule has 0 aliphatic carbocycles. The van der Waals surface area contributed by atoms with Crippen LogP contribution < -0.4 is 0 Å². The molecular formula is C9H15NO4. The van der Waals surface area contributed by atoms with Gasteiger partial charge in [0, 0.05) is 20.6 Å². The van der Waals surface area contributed by atoms with E-state index in [0.717, 1.165) is 6.42 Å². The van der Waals surface area contributed by atoms with Gasteiger partial charge in [-0.25, -0.2) is 4.79 Å². The lowest BCUT2D eigenvalue weighted by Gasteiger charge is -2.37. The van der Waals surface area contributed by atoms with Crippen LogP contribution >= 0.6 is 0 Å². The molecule has 80 valence electrons. The lowest BCUT2D eigenvalue weighted by atomic mass is 9.98. The Hall–Kier alpha value is -1.10. The van der Waals surface area contributed by atoms with Crippen LogP contribution in [0, 0.1) is 0 Å². The first-order valence-electron chi connectivity index (χ1n) is 4.60. The Kier molecular flexibility index (Phi) is 3.46. The largest absolute Gasteiger partial charge is 0.480 e. The van der Waals surface area contributed by atoms with E-state index in [9.17, 15) is 9.59 Å². The first kappa shape index (κ1) is 11.0. The highest BCUT2D eigenvalue weighted by Crippen LogP contribution is 2.20. The van der Waals surface area contributed by atoms with Crippen LogP contribution in [0.15, 0.2) is 0 Å². The van der Waals surface area contributed by atoms with E-state index in [-0.39, 0.29) is 12.0 Å². The zero-order valence-corrected chi connectivity index (χ0v) is 8.40. The second-order valence-corrected chi connectivity index (χ2v) is 3.41. The van der Waals surface area contributed by atoms with Crippen molar-refractivity contribution in [2.24, 2.45) is 0 Å². The number of hydrogen-bond acceptors (Lipinski definition) is 3. The van der Waals surface area contributed by atoms with Crippen molar-refractivity contribution in [2.45, 2.75) is 31.9 Å². The van der Waals surface area contributed by atoms with E-state index in [1.54, 1.807) is 0 Å². The molecule has 1 amide bonds. The van der Waals surface area contributed by atoms with Crippen LogP contribution in [0.3, 0.4) is 0 Å². The molecule has 1 fully saturated rings. The molecule has 0 bridgehead atoms. The number of likely N-dealkylation sites (tertiary alicyclic amines) is 1. The normalized spacial score (nSPS) is 27.4. The van der Waals surface area contributed by atoms with Crippen LogP contribution in [0.1, 0.15) is 19.8 Å². The number of methoxy groups -OCH3 is 1. The van der Waals surface area contributed by atoms with Crippen LogP contribution in [-0.2, 0) is 14.3 Å². The van der Waals surface area contributed by atoms with Crippen molar-refractivity contribution in [1.29, 1.82) is 0 Å². The summed E-state index contributed by atoms with van der Waals surface area (Å²) < 4.78 is 5.07. The van der Waals surface area contributed by atoms with E-state index in [2.05, 4.69) is 0 Å². The average Bonchev–Trinajstić information content (AvgIpc) is 2.16. The number of carbonyl (C=O) groups excluding carboxylic acids is 1. The summed E-state index contributed by atoms with van der Waals surface area (Å²) in [6.07, 6.45) is 1.10. The van der Waals surface area contributed by atoms with Gasteiger partial charge in [0.25, 0.3) is 0 Å². The van der Waals surface area contributed by atoms with Gasteiger partial charge in [-0.2, -0.15) is 0 Å². The Morgan fingerprint density at radius 1 is 1.50 bits per heavy atom. The third-order valence-electron chi connectivity index (χ3n) is 2.54. The predicted molar refractivity (Wildman–Crippen MR) is 48.8 cm³/mol. The Bertz CT molecular complexity index is 241. The van der Waals surface area contributed by atoms with Gasteiger partial charge in [-0.1, -0.05) is 0 Å². The maximum atomic E-state index is 11.2. The molecule has 0 spiro atoms. The fourth-order valence-electron chi connectivity index (χ4n) is 1.85. The third-order valence-corrected chi connectivity index (χ3v) is 2.54. The van der Waals surface area contributed by atoms with Gasteiger partial charge >= 0.3 is 5.97 Å². The van der Waals surface area contributed by atoms with Gasteiger partial charge in [-0.3, -0.25) is 4.79 Å². The first-order chi connectivity index (χ1) is 6.57. The molecule has 1 N–H and O–H groups in total. The number of carboxylic acid groups (broad SMARTS) is 1. The Labute approximate surface area is 82.6 Å². The number of amides is 1. The number of carboxylic acids is 1. The molecule has 0 radical (unpaired) electrons. The van der Waals surface area contributed by atoms with Crippen LogP contribution in [0.2, 0.25) is 0 Å². The number of carbonyl (C=O) groups is 2. The number of hydrogen-bond donors (Lipinski definition) is 1. The van der Waals surface area contributed by atoms with Crippen LogP contribution in [0.25, 0.3) is 0 Å². The minimum absolute atomic E-state index is 0.209. The molecular weight excluding hydrogens is 186 g/mol. The topological polar surface area (TPSA) is 66.8 Å². The summed E-state index contributed by atoms with van der Waals surface area (Å²) in [5.41, 5.74) is 0. The number of nitrogens with zero attached hydrogens (tertiary/aromatic N) is 1. The van der Waals surface area contributed by atoms with Crippen LogP contribution in [0.5, 0.6) is 0 Å². The Morgan fingerprint density at radius 3 is 2.57 bits per heavy atom. The SMILES string of the molecule is COC1CCCN(C(C)=O)C1C(=O)O. The third kappa shape index (κ3) is 2.04. The van der Waals surface area contributed by atoms with Gasteiger partial charge in [-0.05, 0) is 12.8 Å². The summed E-state index contributed by atoms with van der Waals surface area (Å²) in [5, 5.41) is 8.99. The lowest BCUT2D eigenvalue weighted by molar-refractivity contribution is -0.159. The molecule has 1 aliphatic rings. The zero-order chi connectivity index (χ0) is 10.7. The van der Waals surface area contributed by atoms with Crippen molar-refractivity contribution in [1.82, 2.24) is 4.90 Å². The molecule has 1 saturated heterocycles. The highest BCUT2D eigenvalue weighted by atomic mass is 16.5. The molecule has 14 heavy (non-hydrogen) atoms. The van der Waals surface area contributed by atoms with Gasteiger partial charge in [0.2, 0.25) is 5.91 Å². The molecule has 1 rings (SSSR count). The van der Waals surface area contributed by atoms with E-state index in [1.165, 1.54) is 18.9 Å². The summed E-state index contributed by atoms with van der Waals surface area (Å²) in [6, 6.07) is -0.828. The maximum absolute atomic E-state index is 11.2. The van der Waals surface area contributed by atoms with Crippen molar-refractivity contribution < 1.29 is 19.4 Å². The van der Waals surface area contributed by atoms with Crippen molar-refractivity contribution >= 4 is 11.9 Å². The molecule has 0 saturated carbocycles. The maximum Gasteiger partial charge on any atom is 0.329 e. The van der Waals surface area contributed by atoms with E-state index in [4.69, 9.17) is 9.84 Å². The molecule has 1 heterocycles. The van der Waals surface area contributed by atoms with Gasteiger partial charge in [0.1, 0.15) is 0 Å². The van der Waals surface area contributed by atoms with Crippen LogP contribution in [0.4, 0.5) is 0 Å². The minimum atomic E-state index is -0.994. The number of piperidine rings is 1. The second-order valence-electron chi connectivity index (χ2n) is 3.41. The fraction of sp³-hybridized carbons (Fsp3) is 0.778. The highest BCUT2D eigenvalue weighted by Gasteiger charge is 2.38. The second kappa shape index (κ2) is 4.41. The van der Waals surface area contributed by atoms with Crippen molar-refractivity contribution in [2.75, 3.05) is 13.7 Å². The van der Waals surface area contributed by atoms with E-state index in [1.807, 2.05) is 0 Å². The number of ether oxygens (including phenoxy) is 1. The van der Waals surface area contributed by atoms with Crippen LogP contribution in [-0.4, -0.2) is 47.7 Å². The zero-order valence-electron chi connectivity index (χ0n) is 8.40. The molecule has 0 aromatic rings. The monoisotopic (exact) mass is 201 g/mol. The van der Waals surface area contributed by atoms with Crippen molar-refractivity contribution in [3.63, 3.8) is 0 Å². The van der Waals surface area contributed by atoms with E-state index >= 15 is 0 Å². The standard InChI is InChI=1S/C9H15NO4/c1-6(11)10-5-3-4-7(14-2)8(10)9(12)13/h7-8H,3-5H2,1-2H3,(H,12,13). The quantitative estimate of drug-likeness (QED) is 0.688. The molecule has 5 nitrogen and oxygen atoms in total. The van der Waals surface area contributed by atoms with Gasteiger partial charge < -0.3 is 14.7 Å². The average molecular weight is 201 g/mol.